The molecule has 1 rings (SSSR count). The summed E-state index contributed by atoms with van der Waals surface area (Å²) in [6.07, 6.45) is 1.50. The highest BCUT2D eigenvalue weighted by Crippen LogP contribution is 2.30. The van der Waals surface area contributed by atoms with Gasteiger partial charge in [0.15, 0.2) is 5.82 Å². The molecule has 0 fully saturated rings. The molecule has 19 heavy (non-hydrogen) atoms. The Morgan fingerprint density at radius 2 is 1.68 bits per heavy atom. The van der Waals surface area contributed by atoms with E-state index >= 15 is 0 Å². The number of methoxy groups -OCH3 is 1. The summed E-state index contributed by atoms with van der Waals surface area (Å²) in [6.45, 7) is 7.71. The highest BCUT2D eigenvalue weighted by atomic mass is 16.5. The van der Waals surface area contributed by atoms with Gasteiger partial charge in [0, 0.05) is 24.1 Å². The van der Waals surface area contributed by atoms with Crippen molar-refractivity contribution in [1.29, 1.82) is 0 Å². The Labute approximate surface area is 114 Å². The molecule has 1 aromatic rings. The molecule has 0 saturated carbocycles. The second kappa shape index (κ2) is 6.10. The summed E-state index contributed by atoms with van der Waals surface area (Å²) in [5.41, 5.74) is 1.63. The first-order valence-corrected chi connectivity index (χ1v) is 6.51. The Balaban J connectivity index is 3.30. The van der Waals surface area contributed by atoms with Crippen molar-refractivity contribution in [3.63, 3.8) is 0 Å². The summed E-state index contributed by atoms with van der Waals surface area (Å²) < 4.78 is 5.61. The van der Waals surface area contributed by atoms with Crippen LogP contribution < -0.4 is 0 Å². The lowest BCUT2D eigenvalue weighted by Crippen LogP contribution is -2.30. The predicted molar refractivity (Wildman–Crippen MR) is 72.1 cm³/mol. The topological polar surface area (TPSA) is 72.3 Å². The standard InChI is InChI=1S/C14H22N2O3/c1-6-14(7-2,19-5)13-15-9(3)11(8-12(17)18)10(4)16-13/h6-8H2,1-5H3,(H,17,18). The van der Waals surface area contributed by atoms with Crippen molar-refractivity contribution in [3.8, 4) is 0 Å². The van der Waals surface area contributed by atoms with E-state index in [2.05, 4.69) is 9.97 Å². The van der Waals surface area contributed by atoms with Gasteiger partial charge in [0.05, 0.1) is 6.42 Å². The third kappa shape index (κ3) is 3.10. The van der Waals surface area contributed by atoms with E-state index < -0.39 is 11.6 Å². The summed E-state index contributed by atoms with van der Waals surface area (Å²) in [5, 5.41) is 8.90. The van der Waals surface area contributed by atoms with E-state index in [4.69, 9.17) is 9.84 Å². The van der Waals surface area contributed by atoms with Gasteiger partial charge in [-0.15, -0.1) is 0 Å². The zero-order chi connectivity index (χ0) is 14.6. The third-order valence-electron chi connectivity index (χ3n) is 3.69. The SMILES string of the molecule is CCC(CC)(OC)c1nc(C)c(CC(=O)O)c(C)n1. The quantitative estimate of drug-likeness (QED) is 0.855. The van der Waals surface area contributed by atoms with E-state index in [0.29, 0.717) is 22.8 Å². The van der Waals surface area contributed by atoms with E-state index in [9.17, 15) is 4.79 Å². The normalized spacial score (nSPS) is 11.6. The number of aliphatic carboxylic acids is 1. The van der Waals surface area contributed by atoms with E-state index in [1.54, 1.807) is 7.11 Å². The summed E-state index contributed by atoms with van der Waals surface area (Å²) in [4.78, 5) is 19.8. The molecule has 0 aliphatic heterocycles. The minimum Gasteiger partial charge on any atom is -0.481 e. The van der Waals surface area contributed by atoms with Crippen LogP contribution in [-0.2, 0) is 21.6 Å². The van der Waals surface area contributed by atoms with Crippen LogP contribution in [0.3, 0.4) is 0 Å². The van der Waals surface area contributed by atoms with Crippen LogP contribution in [0.15, 0.2) is 0 Å². The summed E-state index contributed by atoms with van der Waals surface area (Å²) in [6, 6.07) is 0. The number of aromatic nitrogens is 2. The van der Waals surface area contributed by atoms with Gasteiger partial charge < -0.3 is 9.84 Å². The van der Waals surface area contributed by atoms with Crippen molar-refractivity contribution < 1.29 is 14.6 Å². The Bertz CT molecular complexity index is 436. The highest BCUT2D eigenvalue weighted by Gasteiger charge is 2.32. The maximum atomic E-state index is 10.8. The molecular formula is C14H22N2O3. The fourth-order valence-electron chi connectivity index (χ4n) is 2.30. The average molecular weight is 266 g/mol. The smallest absolute Gasteiger partial charge is 0.307 e. The van der Waals surface area contributed by atoms with E-state index in [0.717, 1.165) is 12.8 Å². The second-order valence-electron chi connectivity index (χ2n) is 4.67. The summed E-state index contributed by atoms with van der Waals surface area (Å²) >= 11 is 0. The molecule has 0 saturated heterocycles. The van der Waals surface area contributed by atoms with Crippen LogP contribution in [0.1, 0.15) is 49.5 Å². The van der Waals surface area contributed by atoms with Crippen molar-refractivity contribution in [2.45, 2.75) is 52.6 Å². The number of ether oxygens (including phenoxy) is 1. The molecule has 106 valence electrons. The van der Waals surface area contributed by atoms with Crippen LogP contribution in [-0.4, -0.2) is 28.2 Å². The highest BCUT2D eigenvalue weighted by molar-refractivity contribution is 5.70. The molecule has 0 amide bonds. The molecule has 0 aromatic carbocycles. The van der Waals surface area contributed by atoms with E-state index in [1.807, 2.05) is 27.7 Å². The molecule has 0 spiro atoms. The van der Waals surface area contributed by atoms with Crippen LogP contribution >= 0.6 is 0 Å². The lowest BCUT2D eigenvalue weighted by molar-refractivity contribution is -0.136. The first-order valence-electron chi connectivity index (χ1n) is 6.51. The van der Waals surface area contributed by atoms with Crippen molar-refractivity contribution >= 4 is 5.97 Å². The summed E-state index contributed by atoms with van der Waals surface area (Å²) in [5.74, 6) is -0.226. The third-order valence-corrected chi connectivity index (χ3v) is 3.69. The van der Waals surface area contributed by atoms with E-state index in [-0.39, 0.29) is 6.42 Å². The first kappa shape index (κ1) is 15.6. The van der Waals surface area contributed by atoms with Crippen LogP contribution in [0.2, 0.25) is 0 Å². The maximum Gasteiger partial charge on any atom is 0.307 e. The molecule has 5 nitrogen and oxygen atoms in total. The maximum absolute atomic E-state index is 10.8. The number of carbonyl (C=O) groups is 1. The van der Waals surface area contributed by atoms with Crippen LogP contribution in [0.5, 0.6) is 0 Å². The molecule has 1 N–H and O–H groups in total. The van der Waals surface area contributed by atoms with Gasteiger partial charge in [0.2, 0.25) is 0 Å². The first-order chi connectivity index (χ1) is 8.90. The van der Waals surface area contributed by atoms with Gasteiger partial charge in [-0.3, -0.25) is 4.79 Å². The molecule has 1 aromatic heterocycles. The molecule has 0 unspecified atom stereocenters. The molecule has 0 bridgehead atoms. The Kier molecular flexibility index (Phi) is 5.00. The van der Waals surface area contributed by atoms with Crippen LogP contribution in [0, 0.1) is 13.8 Å². The molecule has 0 aliphatic rings. The minimum absolute atomic E-state index is 0.0455. The number of hydrogen-bond acceptors (Lipinski definition) is 4. The zero-order valence-electron chi connectivity index (χ0n) is 12.3. The van der Waals surface area contributed by atoms with Gasteiger partial charge in [-0.05, 0) is 26.7 Å². The number of carboxylic acids is 1. The number of hydrogen-bond donors (Lipinski definition) is 1. The van der Waals surface area contributed by atoms with Crippen molar-refractivity contribution in [2.75, 3.05) is 7.11 Å². The van der Waals surface area contributed by atoms with Gasteiger partial charge >= 0.3 is 5.97 Å². The fraction of sp³-hybridized carbons (Fsp3) is 0.643. The van der Waals surface area contributed by atoms with Crippen molar-refractivity contribution in [2.24, 2.45) is 0 Å². The average Bonchev–Trinajstić information content (AvgIpc) is 2.36. The number of carboxylic acid groups (broad SMARTS) is 1. The minimum atomic E-state index is -0.869. The van der Waals surface area contributed by atoms with Gasteiger partial charge in [0.25, 0.3) is 0 Å². The molecule has 0 atom stereocenters. The van der Waals surface area contributed by atoms with Crippen molar-refractivity contribution in [1.82, 2.24) is 9.97 Å². The van der Waals surface area contributed by atoms with Gasteiger partial charge in [0.1, 0.15) is 5.60 Å². The number of nitrogens with zero attached hydrogens (tertiary/aromatic N) is 2. The van der Waals surface area contributed by atoms with Gasteiger partial charge in [-0.2, -0.15) is 0 Å². The molecule has 0 radical (unpaired) electrons. The van der Waals surface area contributed by atoms with Gasteiger partial charge in [-0.1, -0.05) is 13.8 Å². The number of aryl methyl sites for hydroxylation is 2. The Morgan fingerprint density at radius 1 is 1.21 bits per heavy atom. The Morgan fingerprint density at radius 3 is 2.00 bits per heavy atom. The van der Waals surface area contributed by atoms with Gasteiger partial charge in [-0.25, -0.2) is 9.97 Å². The van der Waals surface area contributed by atoms with Crippen LogP contribution in [0.25, 0.3) is 0 Å². The predicted octanol–water partition coefficient (Wildman–Crippen LogP) is 2.38. The van der Waals surface area contributed by atoms with Crippen LogP contribution in [0.4, 0.5) is 0 Å². The Hall–Kier alpha value is -1.49. The van der Waals surface area contributed by atoms with Crippen molar-refractivity contribution in [3.05, 3.63) is 22.8 Å². The largest absolute Gasteiger partial charge is 0.481 e. The number of rotatable bonds is 6. The lowest BCUT2D eigenvalue weighted by Gasteiger charge is -2.29. The molecule has 5 heteroatoms. The molecule has 1 heterocycles. The fourth-order valence-corrected chi connectivity index (χ4v) is 2.30. The second-order valence-corrected chi connectivity index (χ2v) is 4.67. The van der Waals surface area contributed by atoms with E-state index in [1.165, 1.54) is 0 Å². The monoisotopic (exact) mass is 266 g/mol. The summed E-state index contributed by atoms with van der Waals surface area (Å²) in [7, 11) is 1.66. The lowest BCUT2D eigenvalue weighted by atomic mass is 9.95. The molecular weight excluding hydrogens is 244 g/mol. The molecule has 0 aliphatic carbocycles. The zero-order valence-corrected chi connectivity index (χ0v) is 12.3.